The largest absolute Gasteiger partial charge is 0.507 e. The van der Waals surface area contributed by atoms with Crippen LogP contribution in [0.2, 0.25) is 0 Å². The Hall–Kier alpha value is -3.35. The maximum absolute atomic E-state index is 12.1. The van der Waals surface area contributed by atoms with Crippen LogP contribution in [0, 0.1) is 6.92 Å². The number of carbonyl (C=O) groups excluding carboxylic acids is 1. The molecule has 0 aliphatic carbocycles. The molecule has 3 N–H and O–H groups in total. The molecule has 0 spiro atoms. The van der Waals surface area contributed by atoms with E-state index in [0.717, 1.165) is 0 Å². The summed E-state index contributed by atoms with van der Waals surface area (Å²) in [6.07, 6.45) is 2.65. The van der Waals surface area contributed by atoms with Gasteiger partial charge < -0.3 is 19.9 Å². The second-order valence-corrected chi connectivity index (χ2v) is 4.99. The molecule has 0 saturated carbocycles. The third-order valence-electron chi connectivity index (χ3n) is 3.06. The molecule has 124 valence electrons. The molecule has 24 heavy (non-hydrogen) atoms. The van der Waals surface area contributed by atoms with Gasteiger partial charge in [0, 0.05) is 5.69 Å². The number of hydrogen-bond donors (Lipinski definition) is 3. The first-order valence-electron chi connectivity index (χ1n) is 6.97. The van der Waals surface area contributed by atoms with Crippen LogP contribution < -0.4 is 10.3 Å². The molecule has 7 heteroatoms. The van der Waals surface area contributed by atoms with Crippen molar-refractivity contribution in [2.75, 3.05) is 6.61 Å². The number of carboxylic acid groups (broad SMARTS) is 1. The number of hydrogen-bond acceptors (Lipinski definition) is 5. The minimum atomic E-state index is -1.08. The van der Waals surface area contributed by atoms with Gasteiger partial charge in [0.15, 0.2) is 12.4 Å². The number of rotatable bonds is 6. The number of aryl methyl sites for hydroxylation is 1. The molecule has 1 aromatic carbocycles. The number of nitrogens with one attached hydrogen (secondary N) is 1. The monoisotopic (exact) mass is 329 g/mol. The Kier molecular flexibility index (Phi) is 5.16. The van der Waals surface area contributed by atoms with Gasteiger partial charge in [-0.1, -0.05) is 18.2 Å². The molecule has 0 radical (unpaired) electrons. The van der Waals surface area contributed by atoms with Gasteiger partial charge in [-0.15, -0.1) is 0 Å². The van der Waals surface area contributed by atoms with Gasteiger partial charge in [0.2, 0.25) is 0 Å². The minimum absolute atomic E-state index is 0.321. The van der Waals surface area contributed by atoms with E-state index in [1.54, 1.807) is 31.2 Å². The van der Waals surface area contributed by atoms with E-state index in [2.05, 4.69) is 4.98 Å². The first kappa shape index (κ1) is 17.0. The summed E-state index contributed by atoms with van der Waals surface area (Å²) in [5.41, 5.74) is 0.127. The number of aromatic amines is 1. The zero-order valence-corrected chi connectivity index (χ0v) is 12.8. The van der Waals surface area contributed by atoms with E-state index in [4.69, 9.17) is 9.84 Å². The number of allylic oxidation sites excluding steroid dienone is 1. The Labute approximate surface area is 136 Å². The number of ketones is 1. The van der Waals surface area contributed by atoms with Gasteiger partial charge in [-0.05, 0) is 36.8 Å². The van der Waals surface area contributed by atoms with Gasteiger partial charge in [0.05, 0.1) is 0 Å². The first-order chi connectivity index (χ1) is 11.4. The molecule has 0 atom stereocenters. The molecule has 0 bridgehead atoms. The Morgan fingerprint density at radius 2 is 1.92 bits per heavy atom. The highest BCUT2D eigenvalue weighted by Gasteiger charge is 2.13. The number of pyridine rings is 1. The number of aliphatic carboxylic acids is 1. The molecular formula is C17H15NO6. The van der Waals surface area contributed by atoms with Gasteiger partial charge in [0.25, 0.3) is 5.56 Å². The van der Waals surface area contributed by atoms with Crippen LogP contribution in [-0.4, -0.2) is 33.6 Å². The Balaban J connectivity index is 2.12. The van der Waals surface area contributed by atoms with E-state index in [1.807, 2.05) is 0 Å². The Bertz CT molecular complexity index is 848. The predicted octanol–water partition coefficient (Wildman–Crippen LogP) is 1.75. The summed E-state index contributed by atoms with van der Waals surface area (Å²) >= 11 is 0. The van der Waals surface area contributed by atoms with E-state index in [0.29, 0.717) is 17.0 Å². The van der Waals surface area contributed by atoms with Crippen LogP contribution in [0.3, 0.4) is 0 Å². The lowest BCUT2D eigenvalue weighted by molar-refractivity contribution is -0.139. The van der Waals surface area contributed by atoms with E-state index in [-0.39, 0.29) is 11.3 Å². The van der Waals surface area contributed by atoms with Crippen LogP contribution in [0.15, 0.2) is 41.2 Å². The smallest absolute Gasteiger partial charge is 0.341 e. The lowest BCUT2D eigenvalue weighted by Crippen LogP contribution is -2.17. The second-order valence-electron chi connectivity index (χ2n) is 4.99. The van der Waals surface area contributed by atoms with Crippen molar-refractivity contribution in [3.05, 3.63) is 63.6 Å². The van der Waals surface area contributed by atoms with Crippen LogP contribution in [0.5, 0.6) is 11.5 Å². The molecule has 1 aromatic heterocycles. The zero-order valence-electron chi connectivity index (χ0n) is 12.8. The number of benzene rings is 1. The number of aromatic hydroxyl groups is 1. The summed E-state index contributed by atoms with van der Waals surface area (Å²) in [6, 6.07) is 7.67. The minimum Gasteiger partial charge on any atom is -0.507 e. The van der Waals surface area contributed by atoms with Crippen molar-refractivity contribution in [1.29, 1.82) is 0 Å². The van der Waals surface area contributed by atoms with Gasteiger partial charge in [-0.3, -0.25) is 9.59 Å². The summed E-state index contributed by atoms with van der Waals surface area (Å²) in [5.74, 6) is -1.69. The molecule has 0 saturated heterocycles. The van der Waals surface area contributed by atoms with Gasteiger partial charge in [-0.2, -0.15) is 0 Å². The van der Waals surface area contributed by atoms with Crippen LogP contribution in [0.4, 0.5) is 0 Å². The summed E-state index contributed by atoms with van der Waals surface area (Å²) in [6.45, 7) is 1.16. The van der Waals surface area contributed by atoms with Crippen molar-refractivity contribution in [1.82, 2.24) is 4.98 Å². The lowest BCUT2D eigenvalue weighted by Gasteiger charge is -2.03. The highest BCUT2D eigenvalue weighted by molar-refractivity contribution is 6.08. The van der Waals surface area contributed by atoms with Crippen LogP contribution >= 0.6 is 0 Å². The zero-order chi connectivity index (χ0) is 17.7. The van der Waals surface area contributed by atoms with E-state index < -0.39 is 23.9 Å². The molecule has 0 amide bonds. The third kappa shape index (κ3) is 4.33. The Morgan fingerprint density at radius 1 is 1.25 bits per heavy atom. The highest BCUT2D eigenvalue weighted by Crippen LogP contribution is 2.16. The topological polar surface area (TPSA) is 117 Å². The van der Waals surface area contributed by atoms with Crippen molar-refractivity contribution in [2.24, 2.45) is 0 Å². The van der Waals surface area contributed by atoms with Crippen molar-refractivity contribution in [3.8, 4) is 11.5 Å². The molecule has 0 aliphatic rings. The summed E-state index contributed by atoms with van der Waals surface area (Å²) in [4.78, 5) is 36.7. The van der Waals surface area contributed by atoms with Crippen LogP contribution in [0.1, 0.15) is 21.6 Å². The molecule has 7 nitrogen and oxygen atoms in total. The molecule has 0 unspecified atom stereocenters. The molecule has 0 fully saturated rings. The van der Waals surface area contributed by atoms with E-state index in [1.165, 1.54) is 18.2 Å². The summed E-state index contributed by atoms with van der Waals surface area (Å²) in [5, 5.41) is 18.3. The van der Waals surface area contributed by atoms with Gasteiger partial charge in [0.1, 0.15) is 17.1 Å². The fraction of sp³-hybridized carbons (Fsp3) is 0.118. The van der Waals surface area contributed by atoms with Crippen molar-refractivity contribution >= 4 is 17.8 Å². The van der Waals surface area contributed by atoms with E-state index >= 15 is 0 Å². The van der Waals surface area contributed by atoms with Crippen LogP contribution in [0.25, 0.3) is 6.08 Å². The van der Waals surface area contributed by atoms with Gasteiger partial charge in [-0.25, -0.2) is 4.79 Å². The fourth-order valence-corrected chi connectivity index (χ4v) is 1.98. The number of aromatic nitrogens is 1. The van der Waals surface area contributed by atoms with Crippen molar-refractivity contribution in [2.45, 2.75) is 6.92 Å². The fourth-order valence-electron chi connectivity index (χ4n) is 1.98. The quantitative estimate of drug-likeness (QED) is 0.549. The second kappa shape index (κ2) is 7.28. The normalized spacial score (nSPS) is 10.7. The third-order valence-corrected chi connectivity index (χ3v) is 3.06. The van der Waals surface area contributed by atoms with Crippen molar-refractivity contribution < 1.29 is 24.5 Å². The maximum atomic E-state index is 12.1. The number of carbonyl (C=O) groups is 2. The first-order valence-corrected chi connectivity index (χ1v) is 6.97. The molecule has 1 heterocycles. The standard InChI is InChI=1S/C17H15NO6/c1-10-8-14(20)16(17(23)18-10)13(19)7-4-11-2-5-12(6-3-11)24-9-15(21)22/h2-8H,9H2,1H3,(H,21,22)(H2,18,20,23). The number of H-pyrrole nitrogens is 1. The molecule has 2 aromatic rings. The summed E-state index contributed by atoms with van der Waals surface area (Å²) < 4.78 is 4.99. The average molecular weight is 329 g/mol. The highest BCUT2D eigenvalue weighted by atomic mass is 16.5. The molecule has 2 rings (SSSR count). The van der Waals surface area contributed by atoms with E-state index in [9.17, 15) is 19.5 Å². The maximum Gasteiger partial charge on any atom is 0.341 e. The van der Waals surface area contributed by atoms with Gasteiger partial charge >= 0.3 is 5.97 Å². The summed E-state index contributed by atoms with van der Waals surface area (Å²) in [7, 11) is 0. The molecular weight excluding hydrogens is 314 g/mol. The van der Waals surface area contributed by atoms with Crippen LogP contribution in [-0.2, 0) is 4.79 Å². The average Bonchev–Trinajstić information content (AvgIpc) is 2.51. The lowest BCUT2D eigenvalue weighted by atomic mass is 10.1. The predicted molar refractivity (Wildman–Crippen MR) is 86.4 cm³/mol. The van der Waals surface area contributed by atoms with Crippen molar-refractivity contribution in [3.63, 3.8) is 0 Å². The molecule has 0 aliphatic heterocycles. The number of ether oxygens (including phenoxy) is 1. The Morgan fingerprint density at radius 3 is 2.50 bits per heavy atom. The SMILES string of the molecule is Cc1cc(O)c(C(=O)C=Cc2ccc(OCC(=O)O)cc2)c(=O)[nH]1. The number of carboxylic acids is 1.